The van der Waals surface area contributed by atoms with E-state index in [1.165, 1.54) is 34.0 Å². The number of imide groups is 4. The van der Waals surface area contributed by atoms with Crippen molar-refractivity contribution in [2.24, 2.45) is 5.90 Å². The quantitative estimate of drug-likeness (QED) is 0.0849. The predicted octanol–water partition coefficient (Wildman–Crippen LogP) is 9.74. The first-order chi connectivity index (χ1) is 42.2. The lowest BCUT2D eigenvalue weighted by molar-refractivity contribution is -0.102. The number of nitrogen functional groups attached to an aromatic ring is 1. The van der Waals surface area contributed by atoms with E-state index in [4.69, 9.17) is 21.3 Å². The zero-order chi connectivity index (χ0) is 60.9. The third-order valence-corrected chi connectivity index (χ3v) is 16.2. The molecule has 0 fully saturated rings. The van der Waals surface area contributed by atoms with Gasteiger partial charge in [-0.05, 0) is 107 Å². The van der Waals surface area contributed by atoms with E-state index >= 15 is 0 Å². The van der Waals surface area contributed by atoms with Gasteiger partial charge in [0.05, 0.1) is 61.6 Å². The van der Waals surface area contributed by atoms with Crippen molar-refractivity contribution in [3.05, 3.63) is 239 Å². The molecule has 0 saturated carbocycles. The van der Waals surface area contributed by atoms with Gasteiger partial charge in [0, 0.05) is 45.9 Å². The SMILES string of the molecule is Cc1ccc(CON2C(=O)c3ccccc3C2=O)nc1.NOCc1ccc(-c2nc(N)cs2)cn1.O=C1c2ccccc2C(=O)N1OCc1ccc(-c2nc(N3C(=O)c4ccccc4C3=O)cs2)cn1.O=C1c2ccccc2C(=O)N1c1csc(Br)n1. The minimum absolute atomic E-state index is 0.0751. The van der Waals surface area contributed by atoms with E-state index in [-0.39, 0.29) is 30.8 Å². The van der Waals surface area contributed by atoms with E-state index < -0.39 is 35.4 Å². The Balaban J connectivity index is 0.000000129. The number of rotatable bonds is 12. The number of thiazole rings is 3. The molecule has 0 aliphatic carbocycles. The lowest BCUT2D eigenvalue weighted by Gasteiger charge is -2.13. The molecule has 4 aliphatic heterocycles. The smallest absolute Gasteiger partial charge is 0.285 e. The number of hydrogen-bond donors (Lipinski definition) is 2. The van der Waals surface area contributed by atoms with Crippen LogP contribution in [-0.4, -0.2) is 87.3 Å². The number of fused-ring (bicyclic) bond motifs is 4. The monoisotopic (exact) mass is 1280 g/mol. The molecule has 4 aromatic carbocycles. The predicted molar refractivity (Wildman–Crippen MR) is 321 cm³/mol. The van der Waals surface area contributed by atoms with Gasteiger partial charge in [0.2, 0.25) is 0 Å². The van der Waals surface area contributed by atoms with Crippen LogP contribution in [0.15, 0.2) is 172 Å². The summed E-state index contributed by atoms with van der Waals surface area (Å²) in [5.74, 6) is 2.79. The highest BCUT2D eigenvalue weighted by Gasteiger charge is 2.40. The van der Waals surface area contributed by atoms with Gasteiger partial charge in [0.15, 0.2) is 15.6 Å². The standard InChI is InChI=1S/C25H14N4O5S.C15H12N2O3.C11H5BrN2O2S.C9H10N4OS/c30-22-16-5-1-2-6-17(16)23(31)28(22)20-13-35-21(27-20)14-9-10-15(26-11-14)12-34-29-24(32)18-7-3-4-8-19(18)25(29)33;1-10-6-7-11(16-8-10)9-20-17-14(18)12-4-2-3-5-13(12)15(17)19;12-11-13-8(5-17-11)14-9(15)6-3-1-2-4-7(6)10(14)16;10-8-5-15-9(13-8)6-1-2-7(4-14-11)12-3-6/h1-11,13H,12H2;2-8H,9H2,1H3;1-5H;1-3,5H,4,10-11H2. The number of carbonyl (C=O) groups excluding carboxylic acids is 8. The minimum atomic E-state index is -0.509. The molecular weight excluding hydrogens is 1240 g/mol. The summed E-state index contributed by atoms with van der Waals surface area (Å²) in [6, 6.07) is 37.6. The van der Waals surface area contributed by atoms with Crippen molar-refractivity contribution in [2.45, 2.75) is 26.7 Å². The number of aryl methyl sites for hydroxylation is 1. The van der Waals surface area contributed by atoms with Gasteiger partial charge in [-0.2, -0.15) is 0 Å². The van der Waals surface area contributed by atoms with Crippen molar-refractivity contribution in [1.29, 1.82) is 0 Å². The van der Waals surface area contributed by atoms with Crippen molar-refractivity contribution < 1.29 is 52.9 Å². The van der Waals surface area contributed by atoms with Crippen molar-refractivity contribution >= 4 is 115 Å². The summed E-state index contributed by atoms with van der Waals surface area (Å²) in [5.41, 5.74) is 13.1. The Bertz CT molecular complexity index is 4210. The van der Waals surface area contributed by atoms with Gasteiger partial charge in [0.1, 0.15) is 35.7 Å². The molecule has 0 spiro atoms. The van der Waals surface area contributed by atoms with Gasteiger partial charge >= 0.3 is 0 Å². The van der Waals surface area contributed by atoms with Crippen LogP contribution in [0.4, 0.5) is 17.5 Å². The summed E-state index contributed by atoms with van der Waals surface area (Å²) in [5, 5.41) is 8.10. The van der Waals surface area contributed by atoms with Gasteiger partial charge in [-0.1, -0.05) is 54.6 Å². The Morgan fingerprint density at radius 1 is 0.425 bits per heavy atom. The van der Waals surface area contributed by atoms with Crippen molar-refractivity contribution in [2.75, 3.05) is 15.5 Å². The molecule has 87 heavy (non-hydrogen) atoms. The fraction of sp³-hybridized carbons (Fsp3) is 0.0667. The molecule has 0 bridgehead atoms. The number of hydroxylamine groups is 4. The molecule has 4 N–H and O–H groups in total. The van der Waals surface area contributed by atoms with Crippen LogP contribution in [0.25, 0.3) is 21.1 Å². The summed E-state index contributed by atoms with van der Waals surface area (Å²) >= 11 is 7.32. The summed E-state index contributed by atoms with van der Waals surface area (Å²) in [7, 11) is 0. The maximum atomic E-state index is 12.7. The molecule has 10 aromatic rings. The Morgan fingerprint density at radius 2 is 0.782 bits per heavy atom. The maximum Gasteiger partial charge on any atom is 0.285 e. The normalized spacial score (nSPS) is 13.6. The second kappa shape index (κ2) is 25.6. The van der Waals surface area contributed by atoms with Crippen molar-refractivity contribution in [1.82, 2.24) is 40.0 Å². The summed E-state index contributed by atoms with van der Waals surface area (Å²) in [4.78, 5) is 141. The highest BCUT2D eigenvalue weighted by atomic mass is 79.9. The van der Waals surface area contributed by atoms with Crippen LogP contribution in [0.1, 0.15) is 106 Å². The largest absolute Gasteiger partial charge is 0.383 e. The number of halogens is 1. The minimum Gasteiger partial charge on any atom is -0.383 e. The Hall–Kier alpha value is -10.1. The Kier molecular flexibility index (Phi) is 17.3. The van der Waals surface area contributed by atoms with Gasteiger partial charge in [-0.15, -0.1) is 44.1 Å². The Labute approximate surface area is 513 Å². The zero-order valence-electron chi connectivity index (χ0n) is 45.0. The molecule has 0 radical (unpaired) electrons. The van der Waals surface area contributed by atoms with Crippen molar-refractivity contribution in [3.63, 3.8) is 0 Å². The molecular formula is C60H41BrN12O11S3. The summed E-state index contributed by atoms with van der Waals surface area (Å²) in [6.45, 7) is 2.23. The van der Waals surface area contributed by atoms with E-state index in [1.807, 2.05) is 25.1 Å². The number of nitrogens with two attached hydrogens (primary N) is 2. The first kappa shape index (κ1) is 58.7. The number of anilines is 3. The van der Waals surface area contributed by atoms with E-state index in [0.717, 1.165) is 41.8 Å². The zero-order valence-corrected chi connectivity index (χ0v) is 49.0. The molecule has 0 atom stereocenters. The highest BCUT2D eigenvalue weighted by Crippen LogP contribution is 2.34. The van der Waals surface area contributed by atoms with Gasteiger partial charge < -0.3 is 5.73 Å². The van der Waals surface area contributed by atoms with Crippen LogP contribution in [-0.2, 0) is 34.3 Å². The maximum absolute atomic E-state index is 12.7. The topological polar surface area (TPSA) is 307 Å². The number of aromatic nitrogens is 6. The fourth-order valence-corrected chi connectivity index (χ4v) is 11.3. The van der Waals surface area contributed by atoms with E-state index in [1.54, 1.807) is 150 Å². The number of pyridine rings is 3. The van der Waals surface area contributed by atoms with Crippen molar-refractivity contribution in [3.8, 4) is 21.1 Å². The van der Waals surface area contributed by atoms with Crippen LogP contribution in [0.3, 0.4) is 0 Å². The second-order valence-electron chi connectivity index (χ2n) is 18.7. The van der Waals surface area contributed by atoms with E-state index in [0.29, 0.717) is 88.6 Å². The molecule has 4 aliphatic rings. The van der Waals surface area contributed by atoms with E-state index in [9.17, 15) is 38.4 Å². The molecule has 0 saturated heterocycles. The lowest BCUT2D eigenvalue weighted by atomic mass is 10.1. The van der Waals surface area contributed by atoms with E-state index in [2.05, 4.69) is 50.7 Å². The second-order valence-corrected chi connectivity index (χ2v) is 22.5. The fourth-order valence-electron chi connectivity index (χ4n) is 8.83. The molecule has 27 heteroatoms. The van der Waals surface area contributed by atoms with Crippen LogP contribution in [0, 0.1) is 6.92 Å². The highest BCUT2D eigenvalue weighted by molar-refractivity contribution is 9.11. The molecule has 432 valence electrons. The Morgan fingerprint density at radius 3 is 1.13 bits per heavy atom. The average molecular weight is 1280 g/mol. The number of amides is 8. The molecule has 23 nitrogen and oxygen atoms in total. The third-order valence-electron chi connectivity index (χ3n) is 13.1. The third kappa shape index (κ3) is 12.3. The number of benzene rings is 4. The van der Waals surface area contributed by atoms with Crippen LogP contribution in [0.2, 0.25) is 0 Å². The van der Waals surface area contributed by atoms with Gasteiger partial charge in [-0.3, -0.25) is 67.8 Å². The summed E-state index contributed by atoms with van der Waals surface area (Å²) in [6.07, 6.45) is 5.01. The molecule has 8 amide bonds. The van der Waals surface area contributed by atoms with Crippen LogP contribution < -0.4 is 21.4 Å². The lowest BCUT2D eigenvalue weighted by Crippen LogP contribution is -2.29. The molecule has 6 aromatic heterocycles. The molecule has 0 unspecified atom stereocenters. The first-order valence-electron chi connectivity index (χ1n) is 25.8. The van der Waals surface area contributed by atoms with Gasteiger partial charge in [-0.25, -0.2) is 30.6 Å². The number of nitrogens with zero attached hydrogens (tertiary/aromatic N) is 10. The number of carbonyl (C=O) groups is 8. The molecule has 10 heterocycles. The number of hydrogen-bond acceptors (Lipinski definition) is 22. The first-order valence-corrected chi connectivity index (χ1v) is 29.2. The molecule has 14 rings (SSSR count). The van der Waals surface area contributed by atoms with Crippen LogP contribution >= 0.6 is 49.9 Å². The van der Waals surface area contributed by atoms with Gasteiger partial charge in [0.25, 0.3) is 47.3 Å². The average Bonchev–Trinajstić information content (AvgIpc) is 2.16. The van der Waals surface area contributed by atoms with Crippen LogP contribution in [0.5, 0.6) is 0 Å². The summed E-state index contributed by atoms with van der Waals surface area (Å²) < 4.78 is 0.643.